The summed E-state index contributed by atoms with van der Waals surface area (Å²) in [5, 5.41) is 0. The van der Waals surface area contributed by atoms with Crippen LogP contribution in [0.5, 0.6) is 0 Å². The van der Waals surface area contributed by atoms with Crippen LogP contribution in [0, 0.1) is 21.2 Å². The van der Waals surface area contributed by atoms with Gasteiger partial charge in [-0.2, -0.15) is 0 Å². The monoisotopic (exact) mass is 345 g/mol. The number of imidazole rings is 1. The SMILES string of the molecule is CC1CC1Cn1c(N)nc2cc(I)c(F)cc21. The summed E-state index contributed by atoms with van der Waals surface area (Å²) in [6.07, 6.45) is 1.23. The molecule has 1 heterocycles. The minimum Gasteiger partial charge on any atom is -0.369 e. The molecule has 2 N–H and O–H groups in total. The lowest BCUT2D eigenvalue weighted by molar-refractivity contribution is 0.605. The predicted octanol–water partition coefficient (Wildman–Crippen LogP) is 3.02. The number of rotatable bonds is 2. The fourth-order valence-electron chi connectivity index (χ4n) is 2.22. The summed E-state index contributed by atoms with van der Waals surface area (Å²) in [5.74, 6) is 1.70. The Balaban J connectivity index is 2.09. The number of hydrogen-bond acceptors (Lipinski definition) is 2. The molecule has 0 saturated heterocycles. The number of anilines is 1. The van der Waals surface area contributed by atoms with E-state index >= 15 is 0 Å². The van der Waals surface area contributed by atoms with Crippen molar-refractivity contribution in [3.05, 3.63) is 21.5 Å². The van der Waals surface area contributed by atoms with Crippen LogP contribution in [0.2, 0.25) is 0 Å². The molecule has 0 radical (unpaired) electrons. The van der Waals surface area contributed by atoms with Crippen molar-refractivity contribution in [3.8, 4) is 0 Å². The molecule has 0 bridgehead atoms. The molecule has 1 aromatic carbocycles. The Bertz CT molecular complexity index is 593. The van der Waals surface area contributed by atoms with E-state index in [-0.39, 0.29) is 5.82 Å². The smallest absolute Gasteiger partial charge is 0.201 e. The lowest BCUT2D eigenvalue weighted by atomic mass is 10.3. The van der Waals surface area contributed by atoms with Crippen molar-refractivity contribution in [2.45, 2.75) is 19.9 Å². The van der Waals surface area contributed by atoms with E-state index in [0.29, 0.717) is 15.4 Å². The Kier molecular flexibility index (Phi) is 2.53. The van der Waals surface area contributed by atoms with Crippen LogP contribution in [-0.2, 0) is 6.54 Å². The first-order chi connectivity index (χ1) is 8.06. The van der Waals surface area contributed by atoms with Gasteiger partial charge >= 0.3 is 0 Å². The number of fused-ring (bicyclic) bond motifs is 1. The normalized spacial score (nSPS) is 23.2. The minimum absolute atomic E-state index is 0.205. The van der Waals surface area contributed by atoms with Gasteiger partial charge in [-0.25, -0.2) is 9.37 Å². The van der Waals surface area contributed by atoms with E-state index in [0.717, 1.165) is 23.5 Å². The largest absolute Gasteiger partial charge is 0.369 e. The average Bonchev–Trinajstić information content (AvgIpc) is 2.88. The summed E-state index contributed by atoms with van der Waals surface area (Å²) in [4.78, 5) is 4.29. The third-order valence-electron chi connectivity index (χ3n) is 3.51. The number of nitrogens with two attached hydrogens (primary N) is 1. The molecule has 0 spiro atoms. The van der Waals surface area contributed by atoms with E-state index in [2.05, 4.69) is 11.9 Å². The van der Waals surface area contributed by atoms with Crippen LogP contribution in [0.25, 0.3) is 11.0 Å². The van der Waals surface area contributed by atoms with Crippen LogP contribution in [0.1, 0.15) is 13.3 Å². The maximum absolute atomic E-state index is 13.6. The molecule has 0 amide bonds. The molecule has 1 fully saturated rings. The molecule has 1 aliphatic rings. The molecule has 0 aliphatic heterocycles. The zero-order valence-electron chi connectivity index (χ0n) is 9.45. The first-order valence-corrected chi connectivity index (χ1v) is 6.75. The summed E-state index contributed by atoms with van der Waals surface area (Å²) < 4.78 is 16.1. The van der Waals surface area contributed by atoms with Crippen molar-refractivity contribution in [3.63, 3.8) is 0 Å². The van der Waals surface area contributed by atoms with E-state index in [1.165, 1.54) is 12.5 Å². The van der Waals surface area contributed by atoms with Gasteiger partial charge in [-0.15, -0.1) is 0 Å². The van der Waals surface area contributed by atoms with E-state index in [9.17, 15) is 4.39 Å². The molecule has 1 aromatic heterocycles. The molecule has 5 heteroatoms. The maximum Gasteiger partial charge on any atom is 0.201 e. The number of nitrogen functional groups attached to an aromatic ring is 1. The molecule has 90 valence electrons. The predicted molar refractivity (Wildman–Crippen MR) is 74.1 cm³/mol. The van der Waals surface area contributed by atoms with Gasteiger partial charge in [0.15, 0.2) is 0 Å². The van der Waals surface area contributed by atoms with Crippen LogP contribution in [-0.4, -0.2) is 9.55 Å². The zero-order valence-corrected chi connectivity index (χ0v) is 11.6. The molecule has 2 aromatic rings. The summed E-state index contributed by atoms with van der Waals surface area (Å²) in [7, 11) is 0. The summed E-state index contributed by atoms with van der Waals surface area (Å²) in [5.41, 5.74) is 7.49. The fourth-order valence-corrected chi connectivity index (χ4v) is 2.67. The van der Waals surface area contributed by atoms with Crippen molar-refractivity contribution in [1.29, 1.82) is 0 Å². The lowest BCUT2D eigenvalue weighted by Gasteiger charge is -2.05. The fraction of sp³-hybridized carbons (Fsp3) is 0.417. The van der Waals surface area contributed by atoms with Crippen molar-refractivity contribution in [2.75, 3.05) is 5.73 Å². The van der Waals surface area contributed by atoms with Crippen molar-refractivity contribution in [2.24, 2.45) is 11.8 Å². The standard InChI is InChI=1S/C12H13FIN3/c1-6-2-7(6)5-17-11-3-8(13)9(14)4-10(11)16-12(17)15/h3-4,6-7H,2,5H2,1H3,(H2,15,16). The highest BCUT2D eigenvalue weighted by molar-refractivity contribution is 14.1. The van der Waals surface area contributed by atoms with Crippen LogP contribution in [0.3, 0.4) is 0 Å². The van der Waals surface area contributed by atoms with Gasteiger partial charge < -0.3 is 10.3 Å². The van der Waals surface area contributed by atoms with Gasteiger partial charge in [0.05, 0.1) is 14.6 Å². The second-order valence-corrected chi connectivity index (χ2v) is 5.97. The van der Waals surface area contributed by atoms with E-state index in [1.807, 2.05) is 27.2 Å². The highest BCUT2D eigenvalue weighted by Gasteiger charge is 2.33. The van der Waals surface area contributed by atoms with E-state index in [4.69, 9.17) is 5.73 Å². The second-order valence-electron chi connectivity index (χ2n) is 4.81. The summed E-state index contributed by atoms with van der Waals surface area (Å²) in [6, 6.07) is 3.28. The first kappa shape index (κ1) is 11.3. The van der Waals surface area contributed by atoms with Gasteiger partial charge in [-0.1, -0.05) is 6.92 Å². The van der Waals surface area contributed by atoms with Gasteiger partial charge in [0.25, 0.3) is 0 Å². The third kappa shape index (κ3) is 1.90. The Morgan fingerprint density at radius 3 is 2.94 bits per heavy atom. The van der Waals surface area contributed by atoms with E-state index in [1.54, 1.807) is 6.07 Å². The molecule has 3 nitrogen and oxygen atoms in total. The van der Waals surface area contributed by atoms with Crippen molar-refractivity contribution >= 4 is 39.6 Å². The lowest BCUT2D eigenvalue weighted by Crippen LogP contribution is -2.05. The van der Waals surface area contributed by atoms with E-state index < -0.39 is 0 Å². The Morgan fingerprint density at radius 1 is 1.59 bits per heavy atom. The van der Waals surface area contributed by atoms with Gasteiger partial charge in [0.1, 0.15) is 5.82 Å². The Hall–Kier alpha value is -0.850. The summed E-state index contributed by atoms with van der Waals surface area (Å²) >= 11 is 1.97. The number of nitrogens with zero attached hydrogens (tertiary/aromatic N) is 2. The average molecular weight is 345 g/mol. The van der Waals surface area contributed by atoms with Crippen LogP contribution in [0.4, 0.5) is 10.3 Å². The summed E-state index contributed by atoms with van der Waals surface area (Å²) in [6.45, 7) is 3.08. The molecule has 2 unspecified atom stereocenters. The number of hydrogen-bond donors (Lipinski definition) is 1. The third-order valence-corrected chi connectivity index (χ3v) is 4.34. The Labute approximate surface area is 112 Å². The number of aromatic nitrogens is 2. The van der Waals surface area contributed by atoms with Crippen LogP contribution in [0.15, 0.2) is 12.1 Å². The molecular weight excluding hydrogens is 332 g/mol. The van der Waals surface area contributed by atoms with Crippen LogP contribution < -0.4 is 5.73 Å². The molecular formula is C12H13FIN3. The number of halogens is 2. The zero-order chi connectivity index (χ0) is 12.2. The molecule has 1 aliphatic carbocycles. The van der Waals surface area contributed by atoms with Crippen molar-refractivity contribution < 1.29 is 4.39 Å². The maximum atomic E-state index is 13.6. The Morgan fingerprint density at radius 2 is 2.29 bits per heavy atom. The molecule has 3 rings (SSSR count). The minimum atomic E-state index is -0.205. The highest BCUT2D eigenvalue weighted by atomic mass is 127. The van der Waals surface area contributed by atoms with Crippen molar-refractivity contribution in [1.82, 2.24) is 9.55 Å². The number of benzene rings is 1. The van der Waals surface area contributed by atoms with Gasteiger partial charge in [0, 0.05) is 12.6 Å². The molecule has 2 atom stereocenters. The highest BCUT2D eigenvalue weighted by Crippen LogP contribution is 2.40. The second kappa shape index (κ2) is 3.83. The first-order valence-electron chi connectivity index (χ1n) is 5.67. The molecule has 17 heavy (non-hydrogen) atoms. The molecule has 1 saturated carbocycles. The van der Waals surface area contributed by atoms with Crippen LogP contribution >= 0.6 is 22.6 Å². The quantitative estimate of drug-likeness (QED) is 0.851. The van der Waals surface area contributed by atoms with Gasteiger partial charge in [0.2, 0.25) is 5.95 Å². The topological polar surface area (TPSA) is 43.8 Å². The van der Waals surface area contributed by atoms with Gasteiger partial charge in [-0.05, 0) is 46.9 Å². The van der Waals surface area contributed by atoms with Gasteiger partial charge in [-0.3, -0.25) is 0 Å².